The third-order valence-electron chi connectivity index (χ3n) is 2.63. The van der Waals surface area contributed by atoms with E-state index in [-0.39, 0.29) is 5.69 Å². The van der Waals surface area contributed by atoms with Gasteiger partial charge in [-0.15, -0.1) is 0 Å². The van der Waals surface area contributed by atoms with Gasteiger partial charge in [-0.1, -0.05) is 0 Å². The zero-order valence-electron chi connectivity index (χ0n) is 11.1. The highest BCUT2D eigenvalue weighted by Crippen LogP contribution is 2.15. The maximum atomic E-state index is 13.5. The predicted octanol–water partition coefficient (Wildman–Crippen LogP) is 2.87. The lowest BCUT2D eigenvalue weighted by Gasteiger charge is -2.08. The number of carboxylic acids is 1. The van der Waals surface area contributed by atoms with E-state index in [9.17, 15) is 14.0 Å². The lowest BCUT2D eigenvalue weighted by molar-refractivity contribution is 0.0692. The molecule has 0 radical (unpaired) electrons. The number of nitrogens with one attached hydrogen (secondary N) is 2. The first-order valence-corrected chi connectivity index (χ1v) is 5.99. The molecule has 0 aliphatic carbocycles. The summed E-state index contributed by atoms with van der Waals surface area (Å²) < 4.78 is 13.5. The van der Waals surface area contributed by atoms with Crippen LogP contribution in [0.1, 0.15) is 16.1 Å². The fourth-order valence-electron chi connectivity index (χ4n) is 1.60. The third kappa shape index (κ3) is 3.75. The number of hydrogen-bond donors (Lipinski definition) is 3. The minimum atomic E-state index is -1.37. The summed E-state index contributed by atoms with van der Waals surface area (Å²) in [6, 6.07) is 6.16. The van der Waals surface area contributed by atoms with Crippen LogP contribution in [0.4, 0.5) is 20.6 Å². The summed E-state index contributed by atoms with van der Waals surface area (Å²) in [6.07, 6.45) is 1.49. The lowest BCUT2D eigenvalue weighted by atomic mass is 10.2. The second kappa shape index (κ2) is 6.00. The fraction of sp³-hybridized carbons (Fsp3) is 0.0714. The molecule has 0 aliphatic rings. The monoisotopic (exact) mass is 289 g/mol. The first kappa shape index (κ1) is 14.4. The van der Waals surface area contributed by atoms with E-state index in [0.717, 1.165) is 17.8 Å². The van der Waals surface area contributed by atoms with Crippen LogP contribution in [-0.2, 0) is 0 Å². The number of pyridine rings is 1. The zero-order valence-corrected chi connectivity index (χ0v) is 11.1. The average molecular weight is 289 g/mol. The molecule has 0 spiro atoms. The maximum Gasteiger partial charge on any atom is 0.338 e. The van der Waals surface area contributed by atoms with Crippen molar-refractivity contribution in [3.05, 3.63) is 53.6 Å². The molecule has 6 nitrogen and oxygen atoms in total. The summed E-state index contributed by atoms with van der Waals surface area (Å²) >= 11 is 0. The van der Waals surface area contributed by atoms with E-state index >= 15 is 0 Å². The van der Waals surface area contributed by atoms with Gasteiger partial charge in [0.2, 0.25) is 0 Å². The van der Waals surface area contributed by atoms with Crippen LogP contribution in [-0.4, -0.2) is 22.1 Å². The molecule has 1 aromatic carbocycles. The molecular formula is C14H12FN3O3. The standard InChI is InChI=1S/C14H12FN3O3/c1-8-2-3-10(7-16-8)18-14(21)17-9-4-5-11(13(19)20)12(15)6-9/h2-7H,1H3,(H,19,20)(H2,17,18,21). The van der Waals surface area contributed by atoms with Crippen LogP contribution in [0.15, 0.2) is 36.5 Å². The molecule has 0 saturated carbocycles. The number of urea groups is 1. The number of carbonyl (C=O) groups excluding carboxylic acids is 1. The molecule has 1 aromatic heterocycles. The second-order valence-electron chi connectivity index (χ2n) is 4.27. The molecule has 2 aromatic rings. The Labute approximate surface area is 119 Å². The summed E-state index contributed by atoms with van der Waals surface area (Å²) in [5.41, 5.74) is 0.992. The van der Waals surface area contributed by atoms with Gasteiger partial charge in [-0.25, -0.2) is 14.0 Å². The molecule has 21 heavy (non-hydrogen) atoms. The number of hydrogen-bond acceptors (Lipinski definition) is 3. The first-order chi connectivity index (χ1) is 9.95. The fourth-order valence-corrected chi connectivity index (χ4v) is 1.60. The van der Waals surface area contributed by atoms with Crippen molar-refractivity contribution in [2.24, 2.45) is 0 Å². The number of carbonyl (C=O) groups is 2. The van der Waals surface area contributed by atoms with Crippen LogP contribution in [0.25, 0.3) is 0 Å². The maximum absolute atomic E-state index is 13.5. The number of amides is 2. The summed E-state index contributed by atoms with van der Waals surface area (Å²) in [5.74, 6) is -2.29. The lowest BCUT2D eigenvalue weighted by Crippen LogP contribution is -2.19. The Morgan fingerprint density at radius 1 is 1.14 bits per heavy atom. The smallest absolute Gasteiger partial charge is 0.338 e. The van der Waals surface area contributed by atoms with Crippen molar-refractivity contribution in [1.29, 1.82) is 0 Å². The minimum absolute atomic E-state index is 0.148. The molecule has 0 aliphatic heterocycles. The van der Waals surface area contributed by atoms with Gasteiger partial charge in [-0.3, -0.25) is 4.98 Å². The number of halogens is 1. The molecule has 0 atom stereocenters. The van der Waals surface area contributed by atoms with E-state index in [1.807, 2.05) is 6.92 Å². The largest absolute Gasteiger partial charge is 0.478 e. The first-order valence-electron chi connectivity index (χ1n) is 5.99. The molecule has 2 amide bonds. The number of benzene rings is 1. The van der Waals surface area contributed by atoms with Crippen LogP contribution < -0.4 is 10.6 Å². The molecule has 7 heteroatoms. The van der Waals surface area contributed by atoms with Crippen molar-refractivity contribution in [3.63, 3.8) is 0 Å². The molecule has 108 valence electrons. The Balaban J connectivity index is 2.04. The SMILES string of the molecule is Cc1ccc(NC(=O)Nc2ccc(C(=O)O)c(F)c2)cn1. The molecule has 0 bridgehead atoms. The minimum Gasteiger partial charge on any atom is -0.478 e. The Morgan fingerprint density at radius 3 is 2.38 bits per heavy atom. The number of anilines is 2. The van der Waals surface area contributed by atoms with Crippen LogP contribution in [0.2, 0.25) is 0 Å². The Kier molecular flexibility index (Phi) is 4.13. The van der Waals surface area contributed by atoms with E-state index in [2.05, 4.69) is 15.6 Å². The van der Waals surface area contributed by atoms with Crippen LogP contribution in [0, 0.1) is 12.7 Å². The topological polar surface area (TPSA) is 91.3 Å². The van der Waals surface area contributed by atoms with Gasteiger partial charge in [-0.2, -0.15) is 0 Å². The van der Waals surface area contributed by atoms with Gasteiger partial charge in [0.1, 0.15) is 5.82 Å². The van der Waals surface area contributed by atoms with Gasteiger partial charge in [0.25, 0.3) is 0 Å². The number of aromatic carboxylic acids is 1. The molecule has 3 N–H and O–H groups in total. The highest BCUT2D eigenvalue weighted by Gasteiger charge is 2.11. The highest BCUT2D eigenvalue weighted by molar-refractivity contribution is 6.00. The van der Waals surface area contributed by atoms with Crippen LogP contribution in [0.5, 0.6) is 0 Å². The summed E-state index contributed by atoms with van der Waals surface area (Å²) in [5, 5.41) is 13.6. The van der Waals surface area contributed by atoms with Crippen LogP contribution in [0.3, 0.4) is 0 Å². The molecule has 0 saturated heterocycles. The van der Waals surface area contributed by atoms with Gasteiger partial charge in [0.05, 0.1) is 17.4 Å². The quantitative estimate of drug-likeness (QED) is 0.810. The Hall–Kier alpha value is -2.96. The summed E-state index contributed by atoms with van der Waals surface area (Å²) in [7, 11) is 0. The number of carboxylic acid groups (broad SMARTS) is 1. The predicted molar refractivity (Wildman–Crippen MR) is 75.0 cm³/mol. The van der Waals surface area contributed by atoms with Crippen molar-refractivity contribution in [2.75, 3.05) is 10.6 Å². The number of rotatable bonds is 3. The van der Waals surface area contributed by atoms with Gasteiger partial charge in [0, 0.05) is 11.4 Å². The molecule has 0 fully saturated rings. The van der Waals surface area contributed by atoms with Crippen molar-refractivity contribution in [3.8, 4) is 0 Å². The van der Waals surface area contributed by atoms with Gasteiger partial charge < -0.3 is 15.7 Å². The van der Waals surface area contributed by atoms with E-state index in [1.165, 1.54) is 12.3 Å². The van der Waals surface area contributed by atoms with Crippen molar-refractivity contribution < 1.29 is 19.1 Å². The highest BCUT2D eigenvalue weighted by atomic mass is 19.1. The van der Waals surface area contributed by atoms with Crippen molar-refractivity contribution in [1.82, 2.24) is 4.98 Å². The van der Waals surface area contributed by atoms with Crippen molar-refractivity contribution >= 4 is 23.4 Å². The second-order valence-corrected chi connectivity index (χ2v) is 4.27. The Morgan fingerprint density at radius 2 is 1.81 bits per heavy atom. The normalized spacial score (nSPS) is 10.0. The average Bonchev–Trinajstić information content (AvgIpc) is 2.41. The van der Waals surface area contributed by atoms with Crippen molar-refractivity contribution in [2.45, 2.75) is 6.92 Å². The number of nitrogens with zero attached hydrogens (tertiary/aromatic N) is 1. The molecule has 0 unspecified atom stereocenters. The number of aryl methyl sites for hydroxylation is 1. The van der Waals surface area contributed by atoms with Gasteiger partial charge in [-0.05, 0) is 37.3 Å². The third-order valence-corrected chi connectivity index (χ3v) is 2.63. The Bertz CT molecular complexity index is 686. The van der Waals surface area contributed by atoms with Gasteiger partial charge >= 0.3 is 12.0 Å². The van der Waals surface area contributed by atoms with Gasteiger partial charge in [0.15, 0.2) is 0 Å². The van der Waals surface area contributed by atoms with Crippen LogP contribution >= 0.6 is 0 Å². The van der Waals surface area contributed by atoms with E-state index < -0.39 is 23.4 Å². The number of aromatic nitrogens is 1. The van der Waals surface area contributed by atoms with E-state index in [0.29, 0.717) is 5.69 Å². The summed E-state index contributed by atoms with van der Waals surface area (Å²) in [4.78, 5) is 26.4. The summed E-state index contributed by atoms with van der Waals surface area (Å²) in [6.45, 7) is 1.82. The molecular weight excluding hydrogens is 277 g/mol. The molecule has 1 heterocycles. The molecule has 2 rings (SSSR count). The zero-order chi connectivity index (χ0) is 15.4. The van der Waals surface area contributed by atoms with E-state index in [4.69, 9.17) is 5.11 Å². The van der Waals surface area contributed by atoms with E-state index in [1.54, 1.807) is 12.1 Å².